The van der Waals surface area contributed by atoms with E-state index in [0.29, 0.717) is 5.78 Å². The van der Waals surface area contributed by atoms with Crippen molar-refractivity contribution in [3.63, 3.8) is 0 Å². The summed E-state index contributed by atoms with van der Waals surface area (Å²) in [5.74, 6) is 1.43. The number of thioether (sulfide) groups is 1. The van der Waals surface area contributed by atoms with Gasteiger partial charge in [0.2, 0.25) is 0 Å². The number of fused-ring (bicyclic) bond motifs is 1. The van der Waals surface area contributed by atoms with Crippen LogP contribution in [0.5, 0.6) is 0 Å². The Kier molecular flexibility index (Phi) is 2.89. The molecular formula is C15H14OS. The lowest BCUT2D eigenvalue weighted by Gasteiger charge is -2.08. The Bertz CT molecular complexity index is 556. The molecule has 0 bridgehead atoms. The van der Waals surface area contributed by atoms with Crippen molar-refractivity contribution in [2.24, 2.45) is 0 Å². The Balaban J connectivity index is 1.97. The Morgan fingerprint density at radius 3 is 2.71 bits per heavy atom. The van der Waals surface area contributed by atoms with Crippen LogP contribution in [0.1, 0.15) is 23.2 Å². The smallest absolute Gasteiger partial charge is 0.175 e. The summed E-state index contributed by atoms with van der Waals surface area (Å²) in [6.07, 6.45) is 2.21. The molecule has 0 aliphatic carbocycles. The number of hydrogen-bond donors (Lipinski definition) is 0. The molecule has 17 heavy (non-hydrogen) atoms. The summed E-state index contributed by atoms with van der Waals surface area (Å²) in [7, 11) is 0. The third-order valence-electron chi connectivity index (χ3n) is 3.26. The van der Waals surface area contributed by atoms with Crippen molar-refractivity contribution < 1.29 is 4.79 Å². The summed E-state index contributed by atoms with van der Waals surface area (Å²) < 4.78 is 0. The van der Waals surface area contributed by atoms with E-state index in [0.717, 1.165) is 23.1 Å². The number of rotatable bonds is 2. The average Bonchev–Trinajstić information content (AvgIpc) is 2.91. The fraction of sp³-hybridized carbons (Fsp3) is 0.267. The summed E-state index contributed by atoms with van der Waals surface area (Å²) >= 11 is 1.80. The van der Waals surface area contributed by atoms with E-state index in [2.05, 4.69) is 12.1 Å². The van der Waals surface area contributed by atoms with E-state index in [1.54, 1.807) is 11.8 Å². The van der Waals surface area contributed by atoms with Crippen molar-refractivity contribution in [2.45, 2.75) is 18.1 Å². The highest BCUT2D eigenvalue weighted by molar-refractivity contribution is 8.00. The minimum atomic E-state index is 0.191. The zero-order valence-electron chi connectivity index (χ0n) is 9.56. The second-order valence-electron chi connectivity index (χ2n) is 4.43. The lowest BCUT2D eigenvalue weighted by molar-refractivity contribution is 0.0988. The summed E-state index contributed by atoms with van der Waals surface area (Å²) in [5.41, 5.74) is 0.864. The predicted molar refractivity (Wildman–Crippen MR) is 73.8 cm³/mol. The van der Waals surface area contributed by atoms with Crippen LogP contribution in [0.2, 0.25) is 0 Å². The molecule has 1 nitrogen and oxygen atoms in total. The normalized spacial score (nSPS) is 19.6. The van der Waals surface area contributed by atoms with E-state index in [-0.39, 0.29) is 5.25 Å². The van der Waals surface area contributed by atoms with Crippen molar-refractivity contribution >= 4 is 28.3 Å². The van der Waals surface area contributed by atoms with Crippen LogP contribution < -0.4 is 0 Å². The summed E-state index contributed by atoms with van der Waals surface area (Å²) in [4.78, 5) is 12.3. The van der Waals surface area contributed by atoms with Gasteiger partial charge in [0, 0.05) is 5.56 Å². The van der Waals surface area contributed by atoms with Gasteiger partial charge in [-0.05, 0) is 35.4 Å². The van der Waals surface area contributed by atoms with Gasteiger partial charge in [-0.2, -0.15) is 11.8 Å². The monoisotopic (exact) mass is 242 g/mol. The molecule has 1 heterocycles. The first-order chi connectivity index (χ1) is 8.34. The lowest BCUT2D eigenvalue weighted by Crippen LogP contribution is -2.13. The van der Waals surface area contributed by atoms with Gasteiger partial charge in [0.1, 0.15) is 0 Å². The highest BCUT2D eigenvalue weighted by Gasteiger charge is 2.24. The third kappa shape index (κ3) is 2.09. The predicted octanol–water partition coefficient (Wildman–Crippen LogP) is 3.92. The fourth-order valence-corrected chi connectivity index (χ4v) is 3.55. The summed E-state index contributed by atoms with van der Waals surface area (Å²) in [5, 5.41) is 2.54. The molecule has 1 aliphatic heterocycles. The number of Topliss-reactive ketones (excluding diaryl/α,β-unsaturated/α-hetero) is 1. The summed E-state index contributed by atoms with van der Waals surface area (Å²) in [6, 6.07) is 14.2. The topological polar surface area (TPSA) is 17.1 Å². The van der Waals surface area contributed by atoms with Gasteiger partial charge in [0.25, 0.3) is 0 Å². The maximum atomic E-state index is 12.3. The van der Waals surface area contributed by atoms with Gasteiger partial charge in [0.05, 0.1) is 5.25 Å². The molecule has 2 aromatic carbocycles. The van der Waals surface area contributed by atoms with Gasteiger partial charge in [-0.25, -0.2) is 0 Å². The number of carbonyl (C=O) groups is 1. The first kappa shape index (κ1) is 10.8. The molecule has 2 aromatic rings. The van der Waals surface area contributed by atoms with Crippen LogP contribution >= 0.6 is 11.8 Å². The summed E-state index contributed by atoms with van der Waals surface area (Å²) in [6.45, 7) is 0. The van der Waals surface area contributed by atoms with Crippen molar-refractivity contribution in [3.8, 4) is 0 Å². The minimum absolute atomic E-state index is 0.191. The maximum absolute atomic E-state index is 12.3. The molecule has 0 amide bonds. The quantitative estimate of drug-likeness (QED) is 0.742. The number of carbonyl (C=O) groups excluding carboxylic acids is 1. The molecular weight excluding hydrogens is 228 g/mol. The van der Waals surface area contributed by atoms with Crippen molar-refractivity contribution in [3.05, 3.63) is 48.0 Å². The van der Waals surface area contributed by atoms with E-state index in [1.165, 1.54) is 11.8 Å². The molecule has 0 aromatic heterocycles. The number of benzene rings is 2. The van der Waals surface area contributed by atoms with Gasteiger partial charge < -0.3 is 0 Å². The Hall–Kier alpha value is -1.28. The first-order valence-electron chi connectivity index (χ1n) is 5.99. The molecule has 0 radical (unpaired) electrons. The zero-order valence-corrected chi connectivity index (χ0v) is 10.4. The minimum Gasteiger partial charge on any atom is -0.293 e. The van der Waals surface area contributed by atoms with Crippen LogP contribution in [0.15, 0.2) is 42.5 Å². The first-order valence-corrected chi connectivity index (χ1v) is 7.04. The molecule has 0 N–H and O–H groups in total. The number of ketones is 1. The van der Waals surface area contributed by atoms with E-state index in [9.17, 15) is 4.79 Å². The molecule has 1 aliphatic rings. The van der Waals surface area contributed by atoms with Gasteiger partial charge in [0.15, 0.2) is 5.78 Å². The third-order valence-corrected chi connectivity index (χ3v) is 4.63. The van der Waals surface area contributed by atoms with Gasteiger partial charge in [-0.1, -0.05) is 36.4 Å². The van der Waals surface area contributed by atoms with Crippen molar-refractivity contribution in [2.75, 3.05) is 5.75 Å². The van der Waals surface area contributed by atoms with Crippen LogP contribution in [0.4, 0.5) is 0 Å². The molecule has 1 unspecified atom stereocenters. The molecule has 1 fully saturated rings. The van der Waals surface area contributed by atoms with Crippen LogP contribution in [0.3, 0.4) is 0 Å². The Morgan fingerprint density at radius 2 is 1.94 bits per heavy atom. The molecule has 0 saturated carbocycles. The lowest BCUT2D eigenvalue weighted by atomic mass is 10.0. The second-order valence-corrected chi connectivity index (χ2v) is 5.74. The molecule has 2 heteroatoms. The number of hydrogen-bond acceptors (Lipinski definition) is 2. The van der Waals surface area contributed by atoms with Crippen molar-refractivity contribution in [1.29, 1.82) is 0 Å². The average molecular weight is 242 g/mol. The van der Waals surface area contributed by atoms with Gasteiger partial charge in [-0.15, -0.1) is 0 Å². The molecule has 1 saturated heterocycles. The zero-order chi connectivity index (χ0) is 11.7. The van der Waals surface area contributed by atoms with Crippen LogP contribution in [0, 0.1) is 0 Å². The van der Waals surface area contributed by atoms with E-state index >= 15 is 0 Å². The maximum Gasteiger partial charge on any atom is 0.175 e. The van der Waals surface area contributed by atoms with E-state index in [1.807, 2.05) is 30.3 Å². The Morgan fingerprint density at radius 1 is 1.12 bits per heavy atom. The molecule has 3 rings (SSSR count). The molecule has 1 atom stereocenters. The van der Waals surface area contributed by atoms with E-state index in [4.69, 9.17) is 0 Å². The molecule has 86 valence electrons. The van der Waals surface area contributed by atoms with Crippen molar-refractivity contribution in [1.82, 2.24) is 0 Å². The van der Waals surface area contributed by atoms with Crippen LogP contribution in [0.25, 0.3) is 10.8 Å². The van der Waals surface area contributed by atoms with Crippen LogP contribution in [-0.4, -0.2) is 16.8 Å². The highest BCUT2D eigenvalue weighted by atomic mass is 32.2. The van der Waals surface area contributed by atoms with Crippen LogP contribution in [-0.2, 0) is 0 Å². The fourth-order valence-electron chi connectivity index (χ4n) is 2.31. The second kappa shape index (κ2) is 4.53. The standard InChI is InChI=1S/C15H14OS/c16-15(14-6-3-9-17-14)13-8-7-11-4-1-2-5-12(11)10-13/h1-2,4-5,7-8,10,14H,3,6,9H2. The molecule has 0 spiro atoms. The Labute approximate surface area is 105 Å². The largest absolute Gasteiger partial charge is 0.293 e. The highest BCUT2D eigenvalue weighted by Crippen LogP contribution is 2.29. The van der Waals surface area contributed by atoms with E-state index < -0.39 is 0 Å². The van der Waals surface area contributed by atoms with Gasteiger partial charge in [-0.3, -0.25) is 4.79 Å². The van der Waals surface area contributed by atoms with Gasteiger partial charge >= 0.3 is 0 Å². The SMILES string of the molecule is O=C(c1ccc2ccccc2c1)C1CCCS1.